The lowest BCUT2D eigenvalue weighted by molar-refractivity contribution is -0.137. The molecule has 3 heteroatoms. The van der Waals surface area contributed by atoms with Gasteiger partial charge in [-0.15, -0.1) is 0 Å². The number of aliphatic carboxylic acids is 1. The van der Waals surface area contributed by atoms with Gasteiger partial charge in [-0.1, -0.05) is 63.3 Å². The highest BCUT2D eigenvalue weighted by Gasteiger charge is 2.23. The van der Waals surface area contributed by atoms with Crippen LogP contribution in [0.25, 0.3) is 0 Å². The van der Waals surface area contributed by atoms with Gasteiger partial charge in [0.1, 0.15) is 0 Å². The fourth-order valence-electron chi connectivity index (χ4n) is 2.82. The summed E-state index contributed by atoms with van der Waals surface area (Å²) >= 11 is 0. The first-order valence-corrected chi connectivity index (χ1v) is 8.95. The van der Waals surface area contributed by atoms with Crippen LogP contribution in [0, 0.1) is 5.92 Å². The molecular formula is C20H30O3. The molecular weight excluding hydrogens is 288 g/mol. The number of allylic oxidation sites excluding steroid dienone is 6. The average molecular weight is 318 g/mol. The molecule has 0 saturated heterocycles. The Kier molecular flexibility index (Phi) is 10.0. The highest BCUT2D eigenvalue weighted by atomic mass is 16.4. The second-order valence-corrected chi connectivity index (χ2v) is 6.23. The van der Waals surface area contributed by atoms with Crippen molar-refractivity contribution >= 4 is 11.8 Å². The molecule has 1 atom stereocenters. The molecule has 0 heterocycles. The van der Waals surface area contributed by atoms with Crippen LogP contribution >= 0.6 is 0 Å². The maximum atomic E-state index is 11.9. The molecule has 1 rings (SSSR count). The van der Waals surface area contributed by atoms with E-state index in [1.165, 1.54) is 19.3 Å². The van der Waals surface area contributed by atoms with E-state index in [2.05, 4.69) is 25.2 Å². The second-order valence-electron chi connectivity index (χ2n) is 6.23. The molecule has 3 nitrogen and oxygen atoms in total. The molecule has 0 aliphatic heterocycles. The van der Waals surface area contributed by atoms with Gasteiger partial charge in [0, 0.05) is 12.3 Å². The first-order valence-electron chi connectivity index (χ1n) is 8.95. The predicted molar refractivity (Wildman–Crippen MR) is 94.3 cm³/mol. The molecule has 0 aromatic rings. The summed E-state index contributed by atoms with van der Waals surface area (Å²) < 4.78 is 0. The third-order valence-electron chi connectivity index (χ3n) is 4.22. The molecule has 128 valence electrons. The quantitative estimate of drug-likeness (QED) is 0.501. The van der Waals surface area contributed by atoms with Gasteiger partial charge in [0.15, 0.2) is 5.78 Å². The SMILES string of the molecule is CCCCC/C=C/C=C1/C=CC(=O)[C@@H]1CCCCCCC(=O)O. The third kappa shape index (κ3) is 8.53. The van der Waals surface area contributed by atoms with Gasteiger partial charge < -0.3 is 5.11 Å². The molecule has 0 radical (unpaired) electrons. The van der Waals surface area contributed by atoms with Crippen LogP contribution in [0.15, 0.2) is 36.0 Å². The third-order valence-corrected chi connectivity index (χ3v) is 4.22. The Balaban J connectivity index is 2.29. The summed E-state index contributed by atoms with van der Waals surface area (Å²) in [6.45, 7) is 2.20. The lowest BCUT2D eigenvalue weighted by Crippen LogP contribution is -2.08. The molecule has 0 spiro atoms. The van der Waals surface area contributed by atoms with Crippen molar-refractivity contribution in [3.8, 4) is 0 Å². The molecule has 1 aliphatic carbocycles. The van der Waals surface area contributed by atoms with Crippen molar-refractivity contribution in [2.24, 2.45) is 5.92 Å². The van der Waals surface area contributed by atoms with E-state index in [1.54, 1.807) is 6.08 Å². The van der Waals surface area contributed by atoms with E-state index in [-0.39, 0.29) is 18.1 Å². The summed E-state index contributed by atoms with van der Waals surface area (Å²) in [6.07, 6.45) is 19.5. The van der Waals surface area contributed by atoms with E-state index in [4.69, 9.17) is 5.11 Å². The van der Waals surface area contributed by atoms with Gasteiger partial charge >= 0.3 is 5.97 Å². The maximum absolute atomic E-state index is 11.9. The van der Waals surface area contributed by atoms with Gasteiger partial charge in [-0.2, -0.15) is 0 Å². The van der Waals surface area contributed by atoms with Crippen LogP contribution in [-0.4, -0.2) is 16.9 Å². The number of unbranched alkanes of at least 4 members (excludes halogenated alkanes) is 6. The fraction of sp³-hybridized carbons (Fsp3) is 0.600. The standard InChI is InChI=1S/C20H30O3/c1-2-3-4-5-6-9-12-17-15-16-19(21)18(17)13-10-7-8-11-14-20(22)23/h6,9,12,15-16,18H,2-5,7-8,10-11,13-14H2,1H3,(H,22,23)/b9-6+,17-12-/t18-/m1/s1. The topological polar surface area (TPSA) is 54.4 Å². The Morgan fingerprint density at radius 1 is 1.13 bits per heavy atom. The van der Waals surface area contributed by atoms with Crippen LogP contribution in [0.5, 0.6) is 0 Å². The molecule has 0 fully saturated rings. The van der Waals surface area contributed by atoms with Gasteiger partial charge in [0.25, 0.3) is 0 Å². The van der Waals surface area contributed by atoms with Crippen molar-refractivity contribution in [1.29, 1.82) is 0 Å². The number of carbonyl (C=O) groups excluding carboxylic acids is 1. The molecule has 0 bridgehead atoms. The van der Waals surface area contributed by atoms with Crippen LogP contribution in [0.3, 0.4) is 0 Å². The van der Waals surface area contributed by atoms with Crippen molar-refractivity contribution in [1.82, 2.24) is 0 Å². The Morgan fingerprint density at radius 2 is 1.91 bits per heavy atom. The van der Waals surface area contributed by atoms with Crippen LogP contribution in [-0.2, 0) is 9.59 Å². The van der Waals surface area contributed by atoms with Crippen molar-refractivity contribution in [2.45, 2.75) is 71.1 Å². The van der Waals surface area contributed by atoms with Crippen molar-refractivity contribution in [3.05, 3.63) is 36.0 Å². The highest BCUT2D eigenvalue weighted by Crippen LogP contribution is 2.27. The van der Waals surface area contributed by atoms with Crippen LogP contribution in [0.4, 0.5) is 0 Å². The predicted octanol–water partition coefficient (Wildman–Crippen LogP) is 5.23. The lowest BCUT2D eigenvalue weighted by Gasteiger charge is -2.10. The molecule has 23 heavy (non-hydrogen) atoms. The zero-order valence-corrected chi connectivity index (χ0v) is 14.3. The van der Waals surface area contributed by atoms with Gasteiger partial charge in [0.05, 0.1) is 0 Å². The average Bonchev–Trinajstić information content (AvgIpc) is 2.86. The Morgan fingerprint density at radius 3 is 2.65 bits per heavy atom. The molecule has 0 amide bonds. The molecule has 0 unspecified atom stereocenters. The largest absolute Gasteiger partial charge is 0.481 e. The number of carboxylic acids is 1. The number of hydrogen-bond donors (Lipinski definition) is 1. The Bertz CT molecular complexity index is 458. The first-order chi connectivity index (χ1) is 11.1. The normalized spacial score (nSPS) is 19.3. The summed E-state index contributed by atoms with van der Waals surface area (Å²) in [5, 5.41) is 8.60. The van der Waals surface area contributed by atoms with Gasteiger partial charge in [-0.25, -0.2) is 0 Å². The monoisotopic (exact) mass is 318 g/mol. The Labute approximate surface area is 140 Å². The summed E-state index contributed by atoms with van der Waals surface area (Å²) in [4.78, 5) is 22.4. The van der Waals surface area contributed by atoms with Crippen LogP contribution < -0.4 is 0 Å². The van der Waals surface area contributed by atoms with Gasteiger partial charge in [-0.3, -0.25) is 9.59 Å². The van der Waals surface area contributed by atoms with Crippen LogP contribution in [0.1, 0.15) is 71.1 Å². The van der Waals surface area contributed by atoms with Crippen molar-refractivity contribution < 1.29 is 14.7 Å². The molecule has 0 aromatic heterocycles. The number of carboxylic acid groups (broad SMARTS) is 1. The number of carbonyl (C=O) groups is 2. The first kappa shape index (κ1) is 19.4. The smallest absolute Gasteiger partial charge is 0.303 e. The van der Waals surface area contributed by atoms with E-state index in [1.807, 2.05) is 6.08 Å². The molecule has 1 N–H and O–H groups in total. The minimum absolute atomic E-state index is 0.00904. The van der Waals surface area contributed by atoms with Crippen molar-refractivity contribution in [2.75, 3.05) is 0 Å². The number of rotatable bonds is 12. The van der Waals surface area contributed by atoms with Gasteiger partial charge in [-0.05, 0) is 37.3 Å². The van der Waals surface area contributed by atoms with E-state index in [9.17, 15) is 9.59 Å². The van der Waals surface area contributed by atoms with E-state index >= 15 is 0 Å². The van der Waals surface area contributed by atoms with E-state index in [0.29, 0.717) is 0 Å². The molecule has 1 aliphatic rings. The lowest BCUT2D eigenvalue weighted by atomic mass is 9.93. The maximum Gasteiger partial charge on any atom is 0.303 e. The zero-order chi connectivity index (χ0) is 16.9. The van der Waals surface area contributed by atoms with E-state index < -0.39 is 5.97 Å². The minimum Gasteiger partial charge on any atom is -0.481 e. The van der Waals surface area contributed by atoms with Gasteiger partial charge in [0.2, 0.25) is 0 Å². The highest BCUT2D eigenvalue weighted by molar-refractivity contribution is 5.98. The molecule has 0 saturated carbocycles. The van der Waals surface area contributed by atoms with Crippen molar-refractivity contribution in [3.63, 3.8) is 0 Å². The van der Waals surface area contributed by atoms with Crippen LogP contribution in [0.2, 0.25) is 0 Å². The Hall–Kier alpha value is -1.64. The number of hydrogen-bond acceptors (Lipinski definition) is 2. The molecule has 0 aromatic carbocycles. The summed E-state index contributed by atoms with van der Waals surface area (Å²) in [6, 6.07) is 0. The summed E-state index contributed by atoms with van der Waals surface area (Å²) in [7, 11) is 0. The zero-order valence-electron chi connectivity index (χ0n) is 14.3. The second kappa shape index (κ2) is 11.9. The summed E-state index contributed by atoms with van der Waals surface area (Å²) in [5.74, 6) is -0.507. The fourth-order valence-corrected chi connectivity index (χ4v) is 2.82. The minimum atomic E-state index is -0.726. The number of ketones is 1. The summed E-state index contributed by atoms with van der Waals surface area (Å²) in [5.41, 5.74) is 1.12. The van der Waals surface area contributed by atoms with E-state index in [0.717, 1.165) is 44.1 Å².